The Morgan fingerprint density at radius 1 is 1.28 bits per heavy atom. The molecule has 0 unspecified atom stereocenters. The molecule has 3 aromatic rings. The average molecular weight is 439 g/mol. The number of aromatic nitrogens is 1. The van der Waals surface area contributed by atoms with Crippen LogP contribution in [0, 0.1) is 12.7 Å². The summed E-state index contributed by atoms with van der Waals surface area (Å²) in [7, 11) is 0. The largest absolute Gasteiger partial charge is 0.507 e. The number of phenols is 1. The third kappa shape index (κ3) is 3.03. The molecular formula is C25H26FNO5. The number of fused-ring (bicyclic) bond motifs is 4. The molecule has 32 heavy (non-hydrogen) atoms. The number of carboxylic acids is 1. The fraction of sp³-hybridized carbons (Fsp3) is 0.400. The molecule has 0 amide bonds. The second kappa shape index (κ2) is 7.05. The van der Waals surface area contributed by atoms with Gasteiger partial charge in [0.15, 0.2) is 0 Å². The van der Waals surface area contributed by atoms with E-state index in [9.17, 15) is 14.3 Å². The lowest BCUT2D eigenvalue weighted by Crippen LogP contribution is -2.54. The number of rotatable bonds is 4. The highest BCUT2D eigenvalue weighted by Crippen LogP contribution is 2.57. The number of phenolic OH excluding ortho intramolecular Hbond substituents is 1. The predicted octanol–water partition coefficient (Wildman–Crippen LogP) is 4.55. The third-order valence-electron chi connectivity index (χ3n) is 6.73. The van der Waals surface area contributed by atoms with Gasteiger partial charge in [-0.05, 0) is 42.8 Å². The summed E-state index contributed by atoms with van der Waals surface area (Å²) in [5.74, 6) is -1.11. The minimum atomic E-state index is -1.00. The number of halogens is 1. The first-order chi connectivity index (χ1) is 15.1. The van der Waals surface area contributed by atoms with Gasteiger partial charge < -0.3 is 24.3 Å². The van der Waals surface area contributed by atoms with Crippen molar-refractivity contribution in [2.45, 2.75) is 50.7 Å². The van der Waals surface area contributed by atoms with E-state index >= 15 is 0 Å². The molecule has 1 spiro atoms. The van der Waals surface area contributed by atoms with Gasteiger partial charge in [0, 0.05) is 40.6 Å². The number of carbonyl (C=O) groups is 1. The number of hydrogen-bond donors (Lipinski definition) is 2. The Hall–Kier alpha value is -2.90. The zero-order chi connectivity index (χ0) is 22.8. The quantitative estimate of drug-likeness (QED) is 0.623. The normalized spacial score (nSPS) is 23.8. The standard InChI is InChI=1S/C25H26FNO5/c1-14-9-15(7-8-17(14)26)27-18-5-4-6-19(28)21(18)22-23(27)24(2,3)13-32-25(22)10-16(11-25)31-12-20(29)30/h4-9,16,28H,10-13H2,1-3H3,(H,29,30). The van der Waals surface area contributed by atoms with E-state index in [4.69, 9.17) is 14.6 Å². The van der Waals surface area contributed by atoms with Crippen LogP contribution in [0.5, 0.6) is 5.75 Å². The molecule has 0 atom stereocenters. The van der Waals surface area contributed by atoms with Crippen LogP contribution in [0.3, 0.4) is 0 Å². The first-order valence-corrected chi connectivity index (χ1v) is 10.7. The van der Waals surface area contributed by atoms with E-state index in [1.807, 2.05) is 12.1 Å². The van der Waals surface area contributed by atoms with Gasteiger partial charge >= 0.3 is 5.97 Å². The topological polar surface area (TPSA) is 80.9 Å². The van der Waals surface area contributed by atoms with Crippen LogP contribution < -0.4 is 0 Å². The molecule has 0 radical (unpaired) electrons. The minimum Gasteiger partial charge on any atom is -0.507 e. The number of aliphatic carboxylic acids is 1. The van der Waals surface area contributed by atoms with Gasteiger partial charge in [-0.25, -0.2) is 9.18 Å². The molecule has 1 aliphatic heterocycles. The summed E-state index contributed by atoms with van der Waals surface area (Å²) in [5.41, 5.74) is 3.09. The molecule has 2 N–H and O–H groups in total. The van der Waals surface area contributed by atoms with E-state index in [1.165, 1.54) is 6.07 Å². The maximum atomic E-state index is 14.0. The molecule has 5 rings (SSSR count). The Bertz CT molecular complexity index is 1240. The van der Waals surface area contributed by atoms with E-state index in [0.29, 0.717) is 30.4 Å². The molecule has 2 aliphatic rings. The summed E-state index contributed by atoms with van der Waals surface area (Å²) in [6.07, 6.45) is 0.802. The van der Waals surface area contributed by atoms with Crippen LogP contribution in [0.4, 0.5) is 4.39 Å². The van der Waals surface area contributed by atoms with Gasteiger partial charge in [-0.3, -0.25) is 0 Å². The molecule has 7 heteroatoms. The van der Waals surface area contributed by atoms with Gasteiger partial charge in [0.25, 0.3) is 0 Å². The van der Waals surface area contributed by atoms with Gasteiger partial charge in [-0.1, -0.05) is 19.9 Å². The number of ether oxygens (including phenoxy) is 2. The van der Waals surface area contributed by atoms with E-state index in [1.54, 1.807) is 25.1 Å². The second-order valence-electron chi connectivity index (χ2n) is 9.57. The number of aromatic hydroxyl groups is 1. The summed E-state index contributed by atoms with van der Waals surface area (Å²) in [4.78, 5) is 10.9. The van der Waals surface area contributed by atoms with Crippen molar-refractivity contribution in [1.82, 2.24) is 4.57 Å². The molecular weight excluding hydrogens is 413 g/mol. The maximum Gasteiger partial charge on any atom is 0.329 e. The molecule has 2 aromatic carbocycles. The summed E-state index contributed by atoms with van der Waals surface area (Å²) < 4.78 is 28.1. The Morgan fingerprint density at radius 2 is 2.03 bits per heavy atom. The van der Waals surface area contributed by atoms with Crippen molar-refractivity contribution in [1.29, 1.82) is 0 Å². The first kappa shape index (κ1) is 21.0. The first-order valence-electron chi connectivity index (χ1n) is 10.7. The van der Waals surface area contributed by atoms with Crippen LogP contribution in [0.1, 0.15) is 43.5 Å². The van der Waals surface area contributed by atoms with Crippen molar-refractivity contribution in [2.75, 3.05) is 13.2 Å². The lowest BCUT2D eigenvalue weighted by Gasteiger charge is -2.52. The van der Waals surface area contributed by atoms with E-state index in [-0.39, 0.29) is 29.7 Å². The highest BCUT2D eigenvalue weighted by Gasteiger charge is 2.56. The monoisotopic (exact) mass is 439 g/mol. The average Bonchev–Trinajstić information content (AvgIpc) is 3.06. The van der Waals surface area contributed by atoms with Gasteiger partial charge in [-0.2, -0.15) is 0 Å². The Morgan fingerprint density at radius 3 is 2.72 bits per heavy atom. The van der Waals surface area contributed by atoms with Crippen LogP contribution in [-0.4, -0.2) is 40.1 Å². The van der Waals surface area contributed by atoms with Gasteiger partial charge in [0.05, 0.1) is 18.2 Å². The molecule has 0 saturated heterocycles. The summed E-state index contributed by atoms with van der Waals surface area (Å²) in [6, 6.07) is 10.5. The molecule has 1 aliphatic carbocycles. The van der Waals surface area contributed by atoms with Gasteiger partial charge in [-0.15, -0.1) is 0 Å². The zero-order valence-corrected chi connectivity index (χ0v) is 18.3. The van der Waals surface area contributed by atoms with E-state index in [2.05, 4.69) is 18.4 Å². The van der Waals surface area contributed by atoms with E-state index < -0.39 is 11.6 Å². The summed E-state index contributed by atoms with van der Waals surface area (Å²) in [6.45, 7) is 6.04. The van der Waals surface area contributed by atoms with Crippen molar-refractivity contribution in [2.24, 2.45) is 0 Å². The minimum absolute atomic E-state index is 0.159. The van der Waals surface area contributed by atoms with Gasteiger partial charge in [0.1, 0.15) is 23.8 Å². The van der Waals surface area contributed by atoms with Crippen LogP contribution in [0.2, 0.25) is 0 Å². The lowest BCUT2D eigenvalue weighted by molar-refractivity contribution is -0.198. The SMILES string of the molecule is Cc1cc(-n2c3c(c4c(O)cccc42)C2(CC(OCC(=O)O)C2)OCC3(C)C)ccc1F. The number of benzene rings is 2. The van der Waals surface area contributed by atoms with Crippen molar-refractivity contribution in [3.05, 3.63) is 59.0 Å². The van der Waals surface area contributed by atoms with Crippen molar-refractivity contribution in [3.8, 4) is 11.4 Å². The predicted molar refractivity (Wildman–Crippen MR) is 117 cm³/mol. The number of carboxylic acid groups (broad SMARTS) is 1. The number of aryl methyl sites for hydroxylation is 1. The van der Waals surface area contributed by atoms with Crippen molar-refractivity contribution < 1.29 is 28.9 Å². The fourth-order valence-corrected chi connectivity index (χ4v) is 5.21. The number of hydrogen-bond acceptors (Lipinski definition) is 4. The Labute approximate surface area is 185 Å². The highest BCUT2D eigenvalue weighted by molar-refractivity contribution is 5.94. The van der Waals surface area contributed by atoms with Crippen molar-refractivity contribution in [3.63, 3.8) is 0 Å². The Balaban J connectivity index is 1.74. The molecule has 1 saturated carbocycles. The lowest BCUT2D eigenvalue weighted by atomic mass is 9.67. The molecule has 2 heterocycles. The van der Waals surface area contributed by atoms with E-state index in [0.717, 1.165) is 22.5 Å². The van der Waals surface area contributed by atoms with Crippen LogP contribution in [0.25, 0.3) is 16.6 Å². The molecule has 0 bridgehead atoms. The molecule has 6 nitrogen and oxygen atoms in total. The zero-order valence-electron chi connectivity index (χ0n) is 18.3. The molecule has 1 fully saturated rings. The Kier molecular flexibility index (Phi) is 4.62. The number of nitrogens with zero attached hydrogens (tertiary/aromatic N) is 1. The smallest absolute Gasteiger partial charge is 0.329 e. The maximum absolute atomic E-state index is 14.0. The summed E-state index contributed by atoms with van der Waals surface area (Å²) in [5, 5.41) is 20.6. The second-order valence-corrected chi connectivity index (χ2v) is 9.57. The van der Waals surface area contributed by atoms with Gasteiger partial charge in [0.2, 0.25) is 0 Å². The van der Waals surface area contributed by atoms with Crippen LogP contribution >= 0.6 is 0 Å². The summed E-state index contributed by atoms with van der Waals surface area (Å²) >= 11 is 0. The third-order valence-corrected chi connectivity index (χ3v) is 6.73. The molecule has 1 aromatic heterocycles. The molecule has 168 valence electrons. The van der Waals surface area contributed by atoms with Crippen molar-refractivity contribution >= 4 is 16.9 Å². The highest BCUT2D eigenvalue weighted by atomic mass is 19.1. The van der Waals surface area contributed by atoms with Crippen LogP contribution in [0.15, 0.2) is 36.4 Å². The van der Waals surface area contributed by atoms with Crippen LogP contribution in [-0.2, 0) is 25.3 Å². The fourth-order valence-electron chi connectivity index (χ4n) is 5.21.